The van der Waals surface area contributed by atoms with Crippen LogP contribution in [-0.2, 0) is 32.3 Å². The second-order valence-electron chi connectivity index (χ2n) is 16.4. The predicted octanol–water partition coefficient (Wildman–Crippen LogP) is 9.95. The smallest absolute Gasteiger partial charge is 0.550 e. The van der Waals surface area contributed by atoms with Crippen LogP contribution in [0, 0.1) is 0 Å². The van der Waals surface area contributed by atoms with Gasteiger partial charge in [-0.05, 0) is 88.2 Å². The van der Waals surface area contributed by atoms with Gasteiger partial charge in [0.2, 0.25) is 0 Å². The molecule has 4 unspecified atom stereocenters. The minimum absolute atomic E-state index is 0. The van der Waals surface area contributed by atoms with Crippen LogP contribution < -0.4 is 10.2 Å². The van der Waals surface area contributed by atoms with Crippen LogP contribution in [0.4, 0.5) is 0 Å². The Morgan fingerprint density at radius 2 is 0.746 bits per heavy atom. The summed E-state index contributed by atoms with van der Waals surface area (Å²) in [5.41, 5.74) is 2.30. The van der Waals surface area contributed by atoms with Crippen molar-refractivity contribution >= 4 is 60.8 Å². The summed E-state index contributed by atoms with van der Waals surface area (Å²) in [6.45, 7) is 5.48. The summed E-state index contributed by atoms with van der Waals surface area (Å²) in [6, 6.07) is 20.2. The van der Waals surface area contributed by atoms with Gasteiger partial charge < -0.3 is 39.5 Å². The van der Waals surface area contributed by atoms with Crippen molar-refractivity contribution in [1.29, 1.82) is 0 Å². The second-order valence-corrected chi connectivity index (χ2v) is 16.4. The van der Waals surface area contributed by atoms with Crippen LogP contribution in [0.2, 0.25) is 0 Å². The maximum Gasteiger partial charge on any atom is 2.00 e. The fraction of sp³-hybridized carbons (Fsp3) is 0.720. The van der Waals surface area contributed by atoms with Gasteiger partial charge in [-0.25, -0.2) is 0 Å². The molecule has 0 aliphatic carbocycles. The number of carboxylic acids is 2. The van der Waals surface area contributed by atoms with Crippen LogP contribution in [0.5, 0.6) is 0 Å². The van der Waals surface area contributed by atoms with Crippen LogP contribution in [0.1, 0.15) is 205 Å². The van der Waals surface area contributed by atoms with Gasteiger partial charge in [0, 0.05) is 11.9 Å². The molecule has 2 aromatic rings. The quantitative estimate of drug-likeness (QED) is 0.0501. The molecule has 0 radical (unpaired) electrons. The first-order valence-electron chi connectivity index (χ1n) is 23.3. The van der Waals surface area contributed by atoms with E-state index in [4.69, 9.17) is 9.47 Å². The second kappa shape index (κ2) is 42.1. The van der Waals surface area contributed by atoms with E-state index in [9.17, 15) is 30.0 Å². The largest absolute Gasteiger partial charge is 2.00 e. The zero-order valence-electron chi connectivity index (χ0n) is 37.3. The van der Waals surface area contributed by atoms with Gasteiger partial charge in [0.25, 0.3) is 0 Å². The zero-order valence-corrected chi connectivity index (χ0v) is 41.8. The molecule has 0 aromatic heterocycles. The number of aliphatic hydroxyl groups excluding tert-OH is 2. The predicted molar refractivity (Wildman–Crippen MR) is 238 cm³/mol. The normalized spacial score (nSPS) is 13.1. The van der Waals surface area contributed by atoms with E-state index in [1.807, 2.05) is 36.4 Å². The standard InChI is InChI=1S/2C25H42O4.Ba/c2*1-2-3-16-23(26)17-11-6-4-5-7-12-18-24(19-13-20-25(27)28)29-21-22-14-9-8-10-15-22;/h2*8-10,14-15,23-24,26H,2-7,11-13,16-21H2,1H3,(H,27,28);/q;;+2/p-2. The summed E-state index contributed by atoms with van der Waals surface area (Å²) in [5, 5.41) is 41.1. The molecule has 2 N–H and O–H groups in total. The molecule has 0 heterocycles. The molecule has 0 spiro atoms. The average Bonchev–Trinajstić information content (AvgIpc) is 3.22. The number of hydrogen-bond donors (Lipinski definition) is 2. The SMILES string of the molecule is CCCCC(O)CCCCCCCCC(CCCC(=O)[O-])OCc1ccccc1.CCCCC(O)CCCCCCCCC(CCCC(=O)[O-])OCc1ccccc1.[Ba+2]. The van der Waals surface area contributed by atoms with Crippen molar-refractivity contribution in [3.05, 3.63) is 71.8 Å². The molecule has 0 aliphatic heterocycles. The molecular weight excluding hydrogens is 866 g/mol. The number of aliphatic hydroxyl groups is 2. The van der Waals surface area contributed by atoms with E-state index in [-0.39, 0.29) is 86.1 Å². The van der Waals surface area contributed by atoms with Crippen LogP contribution in [0.25, 0.3) is 0 Å². The summed E-state index contributed by atoms with van der Waals surface area (Å²) in [6.07, 6.45) is 27.4. The third-order valence-corrected chi connectivity index (χ3v) is 10.9. The van der Waals surface area contributed by atoms with Crippen molar-refractivity contribution in [2.24, 2.45) is 0 Å². The third kappa shape index (κ3) is 38.2. The number of hydrogen-bond acceptors (Lipinski definition) is 8. The van der Waals surface area contributed by atoms with Crippen LogP contribution in [0.3, 0.4) is 0 Å². The molecule has 0 bridgehead atoms. The fourth-order valence-corrected chi connectivity index (χ4v) is 7.23. The average molecular weight is 949 g/mol. The Hall–Kier alpha value is -1.21. The zero-order chi connectivity index (χ0) is 42.3. The minimum atomic E-state index is -0.980. The molecule has 2 rings (SSSR count). The Balaban J connectivity index is 0.00000112. The third-order valence-electron chi connectivity index (χ3n) is 10.9. The molecule has 0 saturated carbocycles. The van der Waals surface area contributed by atoms with Gasteiger partial charge in [-0.3, -0.25) is 0 Å². The summed E-state index contributed by atoms with van der Waals surface area (Å²) in [5.74, 6) is -1.96. The van der Waals surface area contributed by atoms with E-state index in [1.165, 1.54) is 51.4 Å². The van der Waals surface area contributed by atoms with Crippen LogP contribution >= 0.6 is 0 Å². The summed E-state index contributed by atoms with van der Waals surface area (Å²) in [4.78, 5) is 21.3. The van der Waals surface area contributed by atoms with Gasteiger partial charge >= 0.3 is 48.9 Å². The van der Waals surface area contributed by atoms with E-state index in [0.717, 1.165) is 114 Å². The van der Waals surface area contributed by atoms with Gasteiger partial charge in [-0.1, -0.05) is 177 Å². The van der Waals surface area contributed by atoms with Crippen molar-refractivity contribution in [1.82, 2.24) is 0 Å². The van der Waals surface area contributed by atoms with Crippen LogP contribution in [0.15, 0.2) is 60.7 Å². The number of rotatable bonds is 38. The van der Waals surface area contributed by atoms with Crippen molar-refractivity contribution in [2.45, 2.75) is 231 Å². The van der Waals surface area contributed by atoms with Gasteiger partial charge in [0.05, 0.1) is 37.6 Å². The number of carboxylic acid groups (broad SMARTS) is 2. The first-order valence-corrected chi connectivity index (χ1v) is 23.3. The van der Waals surface area contributed by atoms with Crippen molar-refractivity contribution < 1.29 is 39.5 Å². The Labute approximate surface area is 400 Å². The van der Waals surface area contributed by atoms with E-state index < -0.39 is 11.9 Å². The van der Waals surface area contributed by atoms with Gasteiger partial charge in [-0.15, -0.1) is 0 Å². The summed E-state index contributed by atoms with van der Waals surface area (Å²) in [7, 11) is 0. The molecule has 9 heteroatoms. The summed E-state index contributed by atoms with van der Waals surface area (Å²) < 4.78 is 12.1. The molecule has 0 fully saturated rings. The van der Waals surface area contributed by atoms with E-state index in [1.54, 1.807) is 0 Å². The van der Waals surface area contributed by atoms with E-state index in [0.29, 0.717) is 26.1 Å². The maximum absolute atomic E-state index is 10.7. The van der Waals surface area contributed by atoms with Gasteiger partial charge in [0.15, 0.2) is 0 Å². The minimum Gasteiger partial charge on any atom is -0.550 e. The van der Waals surface area contributed by atoms with Crippen LogP contribution in [-0.4, -0.2) is 95.4 Å². The Morgan fingerprint density at radius 3 is 1.07 bits per heavy atom. The molecule has 0 saturated heterocycles. The molecule has 4 atom stereocenters. The molecule has 2 aromatic carbocycles. The molecular formula is C50H82BaO8. The number of carbonyl (C=O) groups is 2. The van der Waals surface area contributed by atoms with Crippen molar-refractivity contribution in [3.8, 4) is 0 Å². The first-order chi connectivity index (χ1) is 28.2. The topological polar surface area (TPSA) is 139 Å². The van der Waals surface area contributed by atoms with E-state index >= 15 is 0 Å². The monoisotopic (exact) mass is 949 g/mol. The summed E-state index contributed by atoms with van der Waals surface area (Å²) >= 11 is 0. The molecule has 59 heavy (non-hydrogen) atoms. The van der Waals surface area contributed by atoms with Crippen molar-refractivity contribution in [2.75, 3.05) is 0 Å². The number of unbranched alkanes of at least 4 members (excludes halogenated alkanes) is 12. The fourth-order valence-electron chi connectivity index (χ4n) is 7.23. The Morgan fingerprint density at radius 1 is 0.458 bits per heavy atom. The Bertz CT molecular complexity index is 1110. The molecule has 332 valence electrons. The van der Waals surface area contributed by atoms with Gasteiger partial charge in [0.1, 0.15) is 0 Å². The van der Waals surface area contributed by atoms with E-state index in [2.05, 4.69) is 38.1 Å². The first kappa shape index (κ1) is 57.8. The van der Waals surface area contributed by atoms with Crippen molar-refractivity contribution in [3.63, 3.8) is 0 Å². The number of carbonyl (C=O) groups excluding carboxylic acids is 2. The number of ether oxygens (including phenoxy) is 2. The number of aliphatic carboxylic acids is 2. The molecule has 8 nitrogen and oxygen atoms in total. The maximum atomic E-state index is 10.7. The molecule has 0 aliphatic rings. The Kier molecular flexibility index (Phi) is 41.2. The van der Waals surface area contributed by atoms with Gasteiger partial charge in [-0.2, -0.15) is 0 Å². The molecule has 0 amide bonds. The number of benzene rings is 2.